The number of fused-ring (bicyclic) bond motifs is 1. The maximum atomic E-state index is 12.0. The van der Waals surface area contributed by atoms with E-state index in [-0.39, 0.29) is 12.0 Å². The van der Waals surface area contributed by atoms with E-state index in [9.17, 15) is 4.79 Å². The summed E-state index contributed by atoms with van der Waals surface area (Å²) in [7, 11) is 0. The van der Waals surface area contributed by atoms with Crippen molar-refractivity contribution in [1.82, 2.24) is 4.90 Å². The third-order valence-corrected chi connectivity index (χ3v) is 2.70. The Kier molecular flexibility index (Phi) is 3.74. The molecule has 1 aliphatic carbocycles. The molecule has 0 fully saturated rings. The van der Waals surface area contributed by atoms with E-state index in [1.54, 1.807) is 12.4 Å². The van der Waals surface area contributed by atoms with Crippen LogP contribution < -0.4 is 0 Å². The maximum absolute atomic E-state index is 12.0. The Balaban J connectivity index is 2.15. The van der Waals surface area contributed by atoms with Crippen molar-refractivity contribution < 1.29 is 9.53 Å². The van der Waals surface area contributed by atoms with E-state index in [1.165, 1.54) is 10.5 Å². The minimum Gasteiger partial charge on any atom is -0.443 e. The second kappa shape index (κ2) is 5.31. The Bertz CT molecular complexity index is 501. The van der Waals surface area contributed by atoms with Crippen molar-refractivity contribution in [2.75, 3.05) is 0 Å². The Morgan fingerprint density at radius 3 is 2.68 bits per heavy atom. The van der Waals surface area contributed by atoms with E-state index in [2.05, 4.69) is 12.2 Å². The van der Waals surface area contributed by atoms with Crippen molar-refractivity contribution in [2.45, 2.75) is 26.4 Å². The van der Waals surface area contributed by atoms with Crippen LogP contribution in [0.2, 0.25) is 0 Å². The van der Waals surface area contributed by atoms with E-state index < -0.39 is 5.60 Å². The number of allylic oxidation sites excluding steroid dienone is 8. The lowest BCUT2D eigenvalue weighted by Crippen LogP contribution is -2.31. The second-order valence-electron chi connectivity index (χ2n) is 5.51. The Labute approximate surface area is 114 Å². The van der Waals surface area contributed by atoms with Crippen LogP contribution in [0.25, 0.3) is 0 Å². The second-order valence-corrected chi connectivity index (χ2v) is 5.51. The fourth-order valence-electron chi connectivity index (χ4n) is 1.83. The molecule has 0 N–H and O–H groups in total. The zero-order chi connectivity index (χ0) is 13.9. The molecule has 0 bridgehead atoms. The molecule has 1 atom stereocenters. The number of amides is 1. The van der Waals surface area contributed by atoms with Crippen molar-refractivity contribution in [3.05, 3.63) is 60.5 Å². The van der Waals surface area contributed by atoms with Gasteiger partial charge in [-0.25, -0.2) is 4.79 Å². The van der Waals surface area contributed by atoms with Gasteiger partial charge in [0.1, 0.15) is 5.60 Å². The quantitative estimate of drug-likeness (QED) is 0.658. The molecule has 19 heavy (non-hydrogen) atoms. The predicted molar refractivity (Wildman–Crippen MR) is 76.2 cm³/mol. The first-order valence-electron chi connectivity index (χ1n) is 6.39. The molecule has 0 radical (unpaired) electrons. The Morgan fingerprint density at radius 1 is 1.16 bits per heavy atom. The van der Waals surface area contributed by atoms with E-state index in [0.29, 0.717) is 0 Å². The molecule has 0 aromatic heterocycles. The summed E-state index contributed by atoms with van der Waals surface area (Å²) in [6.45, 7) is 5.57. The highest BCUT2D eigenvalue weighted by Gasteiger charge is 2.20. The lowest BCUT2D eigenvalue weighted by Gasteiger charge is -2.24. The van der Waals surface area contributed by atoms with E-state index in [1.807, 2.05) is 51.2 Å². The lowest BCUT2D eigenvalue weighted by molar-refractivity contribution is 0.0399. The van der Waals surface area contributed by atoms with Gasteiger partial charge in [-0.15, -0.1) is 0 Å². The molecule has 100 valence electrons. The number of carbonyl (C=O) groups is 1. The summed E-state index contributed by atoms with van der Waals surface area (Å²) < 4.78 is 5.34. The normalized spacial score (nSPS) is 25.9. The van der Waals surface area contributed by atoms with Crippen LogP contribution in [0.5, 0.6) is 0 Å². The van der Waals surface area contributed by atoms with Crippen molar-refractivity contribution >= 4 is 6.09 Å². The minimum absolute atomic E-state index is 0.208. The lowest BCUT2D eigenvalue weighted by atomic mass is 9.94. The van der Waals surface area contributed by atoms with Crippen LogP contribution in [0.15, 0.2) is 60.5 Å². The van der Waals surface area contributed by atoms with Gasteiger partial charge in [0.05, 0.1) is 0 Å². The molecule has 0 saturated carbocycles. The zero-order valence-electron chi connectivity index (χ0n) is 11.5. The van der Waals surface area contributed by atoms with Gasteiger partial charge in [0.15, 0.2) is 0 Å². The number of carbonyl (C=O) groups excluding carboxylic acids is 1. The number of nitrogens with zero attached hydrogens (tertiary/aromatic N) is 1. The van der Waals surface area contributed by atoms with Gasteiger partial charge >= 0.3 is 6.09 Å². The van der Waals surface area contributed by atoms with Crippen molar-refractivity contribution in [3.8, 4) is 0 Å². The molecular formula is C16H19NO2. The molecule has 0 aromatic rings. The average molecular weight is 257 g/mol. The molecule has 1 aliphatic heterocycles. The van der Waals surface area contributed by atoms with Gasteiger partial charge in [0.25, 0.3) is 0 Å². The smallest absolute Gasteiger partial charge is 0.418 e. The first-order chi connectivity index (χ1) is 8.96. The van der Waals surface area contributed by atoms with Gasteiger partial charge < -0.3 is 4.74 Å². The molecule has 0 spiro atoms. The highest BCUT2D eigenvalue weighted by molar-refractivity contribution is 5.71. The Hall–Kier alpha value is -2.03. The first-order valence-corrected chi connectivity index (χ1v) is 6.39. The van der Waals surface area contributed by atoms with E-state index >= 15 is 0 Å². The molecule has 1 heterocycles. The molecule has 2 aliphatic rings. The van der Waals surface area contributed by atoms with Gasteiger partial charge in [0, 0.05) is 18.3 Å². The van der Waals surface area contributed by atoms with E-state index in [0.717, 1.165) is 0 Å². The standard InChI is InChI=1S/C16H19NO2/c1-16(2,3)19-15(18)17-11-6-9-13-7-4-5-8-14(13)10-12-17/h4-12,14H,1-3H3/b11-6-,12-10?,13-9-. The van der Waals surface area contributed by atoms with Gasteiger partial charge in [-0.05, 0) is 32.4 Å². The van der Waals surface area contributed by atoms with Gasteiger partial charge in [-0.3, -0.25) is 4.90 Å². The van der Waals surface area contributed by atoms with Crippen molar-refractivity contribution in [2.24, 2.45) is 5.92 Å². The summed E-state index contributed by atoms with van der Waals surface area (Å²) in [5.41, 5.74) is 0.717. The third kappa shape index (κ3) is 3.71. The van der Waals surface area contributed by atoms with Crippen LogP contribution >= 0.6 is 0 Å². The summed E-state index contributed by atoms with van der Waals surface area (Å²) in [6, 6.07) is 0. The average Bonchev–Trinajstić information content (AvgIpc) is 2.27. The van der Waals surface area contributed by atoms with Gasteiger partial charge in [-0.2, -0.15) is 0 Å². The predicted octanol–water partition coefficient (Wildman–Crippen LogP) is 3.93. The molecule has 3 heteroatoms. The third-order valence-electron chi connectivity index (χ3n) is 2.70. The molecular weight excluding hydrogens is 238 g/mol. The highest BCUT2D eigenvalue weighted by Crippen LogP contribution is 2.22. The summed E-state index contributed by atoms with van der Waals surface area (Å²) in [5.74, 6) is 0.208. The molecule has 3 nitrogen and oxygen atoms in total. The van der Waals surface area contributed by atoms with Crippen LogP contribution in [0, 0.1) is 5.92 Å². The summed E-state index contributed by atoms with van der Waals surface area (Å²) >= 11 is 0. The zero-order valence-corrected chi connectivity index (χ0v) is 11.5. The van der Waals surface area contributed by atoms with Crippen LogP contribution in [0.1, 0.15) is 20.8 Å². The number of hydrogen-bond acceptors (Lipinski definition) is 2. The minimum atomic E-state index is -0.490. The SMILES string of the molecule is CC(C)(C)OC(=O)N1C=CC2C=CC=C/C2=C/C=C\1. The van der Waals surface area contributed by atoms with Crippen molar-refractivity contribution in [1.29, 1.82) is 0 Å². The summed E-state index contributed by atoms with van der Waals surface area (Å²) in [4.78, 5) is 13.5. The fourth-order valence-corrected chi connectivity index (χ4v) is 1.83. The number of rotatable bonds is 0. The topological polar surface area (TPSA) is 29.5 Å². The van der Waals surface area contributed by atoms with Crippen LogP contribution in [0.3, 0.4) is 0 Å². The first kappa shape index (κ1) is 13.4. The maximum Gasteiger partial charge on any atom is 0.418 e. The van der Waals surface area contributed by atoms with Crippen LogP contribution in [-0.2, 0) is 4.74 Å². The molecule has 0 aromatic carbocycles. The Morgan fingerprint density at radius 2 is 1.95 bits per heavy atom. The number of hydrogen-bond donors (Lipinski definition) is 0. The fraction of sp³-hybridized carbons (Fsp3) is 0.312. The largest absolute Gasteiger partial charge is 0.443 e. The van der Waals surface area contributed by atoms with E-state index in [4.69, 9.17) is 4.74 Å². The number of ether oxygens (including phenoxy) is 1. The monoisotopic (exact) mass is 257 g/mol. The molecule has 2 rings (SSSR count). The summed E-state index contributed by atoms with van der Waals surface area (Å²) in [6.07, 6.45) is 17.1. The van der Waals surface area contributed by atoms with Crippen molar-refractivity contribution in [3.63, 3.8) is 0 Å². The molecule has 0 saturated heterocycles. The van der Waals surface area contributed by atoms with Gasteiger partial charge in [0.2, 0.25) is 0 Å². The molecule has 1 amide bonds. The van der Waals surface area contributed by atoms with Crippen LogP contribution in [-0.4, -0.2) is 16.6 Å². The van der Waals surface area contributed by atoms with Gasteiger partial charge in [-0.1, -0.05) is 36.5 Å². The van der Waals surface area contributed by atoms with Crippen LogP contribution in [0.4, 0.5) is 4.79 Å². The molecule has 1 unspecified atom stereocenters. The highest BCUT2D eigenvalue weighted by atomic mass is 16.6. The summed E-state index contributed by atoms with van der Waals surface area (Å²) in [5, 5.41) is 0.